The van der Waals surface area contributed by atoms with E-state index in [1.807, 2.05) is 30.6 Å². The van der Waals surface area contributed by atoms with Gasteiger partial charge in [-0.15, -0.1) is 11.3 Å². The van der Waals surface area contributed by atoms with Crippen LogP contribution in [0.4, 0.5) is 5.69 Å². The highest BCUT2D eigenvalue weighted by atomic mass is 32.1. The van der Waals surface area contributed by atoms with E-state index in [9.17, 15) is 19.5 Å². The highest BCUT2D eigenvalue weighted by molar-refractivity contribution is 7.14. The smallest absolute Gasteiger partial charge is 0.310 e. The summed E-state index contributed by atoms with van der Waals surface area (Å²) in [5.74, 6) is 0.125. The molecule has 4 heterocycles. The van der Waals surface area contributed by atoms with Crippen LogP contribution in [-0.2, 0) is 15.0 Å². The molecule has 2 fully saturated rings. The molecule has 3 atom stereocenters. The maximum absolute atomic E-state index is 13.6. The fourth-order valence-electron chi connectivity index (χ4n) is 7.09. The number of ether oxygens (including phenoxy) is 1. The molecule has 6 rings (SSSR count). The second-order valence-corrected chi connectivity index (χ2v) is 16.5. The molecule has 2 N–H and O–H groups in total. The fraction of sp³-hybridized carbons (Fsp3) is 0.488. The summed E-state index contributed by atoms with van der Waals surface area (Å²) < 4.78 is 5.75. The first-order valence-electron chi connectivity index (χ1n) is 18.5. The summed E-state index contributed by atoms with van der Waals surface area (Å²) in [6.07, 6.45) is 13.6. The lowest BCUT2D eigenvalue weighted by molar-refractivity contribution is -0.153. The molecule has 2 amide bonds. The van der Waals surface area contributed by atoms with E-state index < -0.39 is 17.9 Å². The van der Waals surface area contributed by atoms with Crippen molar-refractivity contribution in [3.63, 3.8) is 0 Å². The number of carboxylic acid groups (broad SMARTS) is 1. The number of aromatic nitrogens is 2. The average Bonchev–Trinajstić information content (AvgIpc) is 3.63. The van der Waals surface area contributed by atoms with Crippen molar-refractivity contribution in [2.24, 2.45) is 17.8 Å². The molecule has 0 saturated carbocycles. The molecule has 1 aliphatic carbocycles. The summed E-state index contributed by atoms with van der Waals surface area (Å²) in [5.41, 5.74) is 3.21. The van der Waals surface area contributed by atoms with Crippen LogP contribution in [0.3, 0.4) is 0 Å². The quantitative estimate of drug-likeness (QED) is 0.206. The van der Waals surface area contributed by atoms with E-state index in [1.165, 1.54) is 21.8 Å². The zero-order chi connectivity index (χ0) is 37.0. The predicted molar refractivity (Wildman–Crippen MR) is 205 cm³/mol. The van der Waals surface area contributed by atoms with Crippen molar-refractivity contribution in [2.75, 3.05) is 37.7 Å². The molecule has 2 unspecified atom stereocenters. The Balaban J connectivity index is 1.06. The third-order valence-corrected chi connectivity index (χ3v) is 12.0. The highest BCUT2D eigenvalue weighted by Crippen LogP contribution is 2.34. The number of carbonyl (C=O) groups is 3. The van der Waals surface area contributed by atoms with Gasteiger partial charge in [0.25, 0.3) is 5.91 Å². The van der Waals surface area contributed by atoms with Gasteiger partial charge in [0.2, 0.25) is 5.91 Å². The summed E-state index contributed by atoms with van der Waals surface area (Å²) in [7, 11) is 0. The number of nitrogens with zero attached hydrogens (tertiary/aromatic N) is 4. The fourth-order valence-corrected chi connectivity index (χ4v) is 8.06. The zero-order valence-electron chi connectivity index (χ0n) is 30.9. The summed E-state index contributed by atoms with van der Waals surface area (Å²) in [5, 5.41) is 12.4. The summed E-state index contributed by atoms with van der Waals surface area (Å²) in [6.45, 7) is 13.4. The molecular formula is C41H51N5O5S. The summed E-state index contributed by atoms with van der Waals surface area (Å²) >= 11 is 1.43. The summed E-state index contributed by atoms with van der Waals surface area (Å²) in [4.78, 5) is 53.5. The molecule has 0 bridgehead atoms. The van der Waals surface area contributed by atoms with Crippen LogP contribution in [0.2, 0.25) is 0 Å². The molecule has 11 heteroatoms. The van der Waals surface area contributed by atoms with Crippen LogP contribution in [0.5, 0.6) is 5.75 Å². The number of nitrogens with one attached hydrogen (secondary N) is 1. The standard InChI is InChI=1S/C41H51N5O5S/c1-6-19-51-33-11-9-27(10-12-33)28-15-17-45(18-16-28)32-22-42-37(43-23-32)30-8-7-29(26(2)20-30)21-34(39(48)46-24-31(25-46)40(49)50)44-38(47)35-13-14-36(52-35)41(3,4)5/h7-14,20,22-23,26,28-29,31,34H,6,15-19,21,24-25H2,1-5H3,(H,44,47)(H,49,50)/t26?,29?,34-/m0/s1. The van der Waals surface area contributed by atoms with Crippen molar-refractivity contribution in [1.82, 2.24) is 20.2 Å². The first-order valence-corrected chi connectivity index (χ1v) is 19.3. The van der Waals surface area contributed by atoms with Gasteiger partial charge in [-0.2, -0.15) is 0 Å². The van der Waals surface area contributed by atoms with Gasteiger partial charge < -0.3 is 25.0 Å². The van der Waals surface area contributed by atoms with Gasteiger partial charge in [0.15, 0.2) is 5.82 Å². The number of aliphatic carboxylic acids is 1. The number of rotatable bonds is 12. The minimum Gasteiger partial charge on any atom is -0.494 e. The van der Waals surface area contributed by atoms with Crippen LogP contribution in [0, 0.1) is 17.8 Å². The molecule has 3 aromatic rings. The molecule has 0 spiro atoms. The number of carboxylic acids is 1. The second kappa shape index (κ2) is 16.0. The topological polar surface area (TPSA) is 125 Å². The van der Waals surface area contributed by atoms with Gasteiger partial charge in [0.05, 0.1) is 35.5 Å². The largest absolute Gasteiger partial charge is 0.494 e. The second-order valence-electron chi connectivity index (χ2n) is 15.4. The predicted octanol–water partition coefficient (Wildman–Crippen LogP) is 6.95. The Bertz CT molecular complexity index is 1780. The van der Waals surface area contributed by atoms with Crippen molar-refractivity contribution in [1.29, 1.82) is 0 Å². The lowest BCUT2D eigenvalue weighted by Gasteiger charge is -2.39. The Kier molecular flexibility index (Phi) is 11.5. The third-order valence-electron chi connectivity index (χ3n) is 10.4. The Morgan fingerprint density at radius 2 is 1.73 bits per heavy atom. The number of hydrogen-bond acceptors (Lipinski definition) is 8. The van der Waals surface area contributed by atoms with Crippen LogP contribution in [0.15, 0.2) is 67.0 Å². The normalized spacial score (nSPS) is 20.2. The molecule has 1 aromatic carbocycles. The van der Waals surface area contributed by atoms with E-state index >= 15 is 0 Å². The van der Waals surface area contributed by atoms with E-state index in [1.54, 1.807) is 0 Å². The van der Waals surface area contributed by atoms with Gasteiger partial charge in [0.1, 0.15) is 11.8 Å². The molecular weight excluding hydrogens is 675 g/mol. The van der Waals surface area contributed by atoms with Crippen LogP contribution >= 0.6 is 11.3 Å². The van der Waals surface area contributed by atoms with Gasteiger partial charge in [-0.05, 0) is 78.7 Å². The average molecular weight is 726 g/mol. The Morgan fingerprint density at radius 1 is 1.04 bits per heavy atom. The van der Waals surface area contributed by atoms with Crippen LogP contribution in [-0.4, -0.2) is 76.6 Å². The van der Waals surface area contributed by atoms with Crippen molar-refractivity contribution in [2.45, 2.75) is 77.7 Å². The first-order chi connectivity index (χ1) is 24.9. The number of benzene rings is 1. The monoisotopic (exact) mass is 725 g/mol. The van der Waals surface area contributed by atoms with Gasteiger partial charge in [-0.25, -0.2) is 9.97 Å². The van der Waals surface area contributed by atoms with E-state index in [0.29, 0.717) is 23.0 Å². The minimum atomic E-state index is -0.908. The van der Waals surface area contributed by atoms with Crippen molar-refractivity contribution >= 4 is 40.4 Å². The Labute approximate surface area is 311 Å². The molecule has 3 aliphatic rings. The van der Waals surface area contributed by atoms with Gasteiger partial charge in [-0.3, -0.25) is 14.4 Å². The molecule has 2 saturated heterocycles. The van der Waals surface area contributed by atoms with Gasteiger partial charge in [0, 0.05) is 36.6 Å². The number of hydrogen-bond donors (Lipinski definition) is 2. The number of anilines is 1. The van der Waals surface area contributed by atoms with E-state index in [2.05, 4.69) is 81.3 Å². The first kappa shape index (κ1) is 37.3. The van der Waals surface area contributed by atoms with Crippen molar-refractivity contribution < 1.29 is 24.2 Å². The number of carbonyl (C=O) groups excluding carboxylic acids is 2. The molecule has 10 nitrogen and oxygen atoms in total. The summed E-state index contributed by atoms with van der Waals surface area (Å²) in [6, 6.07) is 11.5. The minimum absolute atomic E-state index is 0.0244. The van der Waals surface area contributed by atoms with Crippen LogP contribution in [0.25, 0.3) is 5.57 Å². The number of amides is 2. The number of allylic oxidation sites excluding steroid dienone is 4. The highest BCUT2D eigenvalue weighted by Gasteiger charge is 2.40. The number of piperidine rings is 1. The van der Waals surface area contributed by atoms with Crippen LogP contribution < -0.4 is 15.0 Å². The SMILES string of the molecule is CCCOc1ccc(C2CCN(c3cnc(C4=CC(C)C(C[C@H](NC(=O)c5ccc(C(C)(C)C)s5)C(=O)N5CC(C(=O)O)C5)C=C4)nc3)CC2)cc1. The van der Waals surface area contributed by atoms with E-state index in [4.69, 9.17) is 14.7 Å². The third kappa shape index (κ3) is 8.74. The zero-order valence-corrected chi connectivity index (χ0v) is 31.7. The Hall–Kier alpha value is -4.51. The van der Waals surface area contributed by atoms with Crippen molar-refractivity contribution in [3.8, 4) is 5.75 Å². The number of thiophene rings is 1. The molecule has 2 aromatic heterocycles. The van der Waals surface area contributed by atoms with Gasteiger partial charge in [-0.1, -0.05) is 65.0 Å². The molecule has 52 heavy (non-hydrogen) atoms. The van der Waals surface area contributed by atoms with E-state index in [-0.39, 0.29) is 42.2 Å². The van der Waals surface area contributed by atoms with Crippen molar-refractivity contribution in [3.05, 3.63) is 88.2 Å². The molecule has 2 aliphatic heterocycles. The molecule has 0 radical (unpaired) electrons. The van der Waals surface area contributed by atoms with Crippen LogP contribution in [0.1, 0.15) is 92.2 Å². The number of likely N-dealkylation sites (tertiary alicyclic amines) is 1. The molecule has 276 valence electrons. The Morgan fingerprint density at radius 3 is 2.33 bits per heavy atom. The van der Waals surface area contributed by atoms with Gasteiger partial charge >= 0.3 is 5.97 Å². The lowest BCUT2D eigenvalue weighted by Crippen LogP contribution is -2.59. The maximum atomic E-state index is 13.6. The van der Waals surface area contributed by atoms with E-state index in [0.717, 1.165) is 60.8 Å². The maximum Gasteiger partial charge on any atom is 0.310 e. The lowest BCUT2D eigenvalue weighted by atomic mass is 9.82.